The molecule has 4 rings (SSSR count). The van der Waals surface area contributed by atoms with Gasteiger partial charge in [-0.25, -0.2) is 4.98 Å². The van der Waals surface area contributed by atoms with E-state index in [0.29, 0.717) is 25.3 Å². The van der Waals surface area contributed by atoms with Gasteiger partial charge in [-0.1, -0.05) is 12.1 Å². The van der Waals surface area contributed by atoms with Crippen molar-refractivity contribution < 1.29 is 9.53 Å². The number of ether oxygens (including phenoxy) is 1. The molecule has 7 nitrogen and oxygen atoms in total. The van der Waals surface area contributed by atoms with Crippen LogP contribution in [0.15, 0.2) is 71.6 Å². The second kappa shape index (κ2) is 9.72. The predicted molar refractivity (Wildman–Crippen MR) is 125 cm³/mol. The van der Waals surface area contributed by atoms with Crippen molar-refractivity contribution in [1.82, 2.24) is 14.8 Å². The van der Waals surface area contributed by atoms with Crippen LogP contribution >= 0.6 is 15.9 Å². The molecule has 2 N–H and O–H groups in total. The number of carbonyl (C=O) groups is 1. The number of methoxy groups -OCH3 is 1. The lowest BCUT2D eigenvalue weighted by molar-refractivity contribution is 0.102. The number of carbonyl (C=O) groups excluding carboxylic acids is 1. The maximum atomic E-state index is 13.0. The van der Waals surface area contributed by atoms with E-state index in [1.165, 1.54) is 0 Å². The number of fused-ring (bicyclic) bond motifs is 1. The highest BCUT2D eigenvalue weighted by atomic mass is 79.9. The first-order valence-electron chi connectivity index (χ1n) is 9.83. The van der Waals surface area contributed by atoms with Gasteiger partial charge in [0.2, 0.25) is 0 Å². The van der Waals surface area contributed by atoms with Crippen molar-refractivity contribution in [3.8, 4) is 0 Å². The van der Waals surface area contributed by atoms with E-state index in [1.807, 2.05) is 59.4 Å². The smallest absolute Gasteiger partial charge is 0.257 e. The molecule has 1 amide bonds. The monoisotopic (exact) mass is 479 g/mol. The molecule has 8 heteroatoms. The Kier molecular flexibility index (Phi) is 6.59. The topological polar surface area (TPSA) is 81.1 Å². The number of hydrogen-bond donors (Lipinski definition) is 2. The Hall–Kier alpha value is -3.23. The molecule has 0 saturated carbocycles. The molecule has 2 aromatic carbocycles. The normalized spacial score (nSPS) is 10.9. The number of para-hydroxylation sites is 1. The third kappa shape index (κ3) is 5.28. The number of nitrogens with zero attached hydrogens (tertiary/aromatic N) is 3. The van der Waals surface area contributed by atoms with Crippen molar-refractivity contribution in [2.45, 2.75) is 13.1 Å². The van der Waals surface area contributed by atoms with Gasteiger partial charge in [0.25, 0.3) is 5.91 Å². The third-order valence-electron chi connectivity index (χ3n) is 4.78. The van der Waals surface area contributed by atoms with Gasteiger partial charge in [0, 0.05) is 42.8 Å². The Bertz CT molecular complexity index is 1210. The summed E-state index contributed by atoms with van der Waals surface area (Å²) in [7, 11) is 1.67. The van der Waals surface area contributed by atoms with E-state index in [9.17, 15) is 4.79 Å². The summed E-state index contributed by atoms with van der Waals surface area (Å²) in [6.07, 6.45) is 3.69. The van der Waals surface area contributed by atoms with Gasteiger partial charge in [-0.05, 0) is 64.0 Å². The fourth-order valence-corrected chi connectivity index (χ4v) is 3.65. The molecule has 0 radical (unpaired) electrons. The van der Waals surface area contributed by atoms with Gasteiger partial charge in [0.1, 0.15) is 4.60 Å². The maximum Gasteiger partial charge on any atom is 0.257 e. The third-order valence-corrected chi connectivity index (χ3v) is 5.21. The number of anilines is 2. The highest BCUT2D eigenvalue weighted by molar-refractivity contribution is 9.10. The summed E-state index contributed by atoms with van der Waals surface area (Å²) in [4.78, 5) is 17.1. The Balaban J connectivity index is 1.48. The highest BCUT2D eigenvalue weighted by Gasteiger charge is 2.12. The Morgan fingerprint density at radius 3 is 2.87 bits per heavy atom. The number of hydrogen-bond acceptors (Lipinski definition) is 5. The average molecular weight is 480 g/mol. The van der Waals surface area contributed by atoms with Gasteiger partial charge >= 0.3 is 0 Å². The zero-order valence-electron chi connectivity index (χ0n) is 17.0. The van der Waals surface area contributed by atoms with Crippen molar-refractivity contribution in [1.29, 1.82) is 0 Å². The lowest BCUT2D eigenvalue weighted by Crippen LogP contribution is -2.14. The van der Waals surface area contributed by atoms with Crippen LogP contribution in [-0.2, 0) is 17.8 Å². The van der Waals surface area contributed by atoms with Crippen LogP contribution in [0.2, 0.25) is 0 Å². The van der Waals surface area contributed by atoms with E-state index in [1.54, 1.807) is 19.4 Å². The lowest BCUT2D eigenvalue weighted by Gasteiger charge is -2.12. The standard InChI is InChI=1S/C23H22BrN5O2/c1-31-11-10-29-15-17-13-18(6-7-20(17)28-29)27-23(30)19-4-2-3-5-21(19)26-14-16-8-9-25-22(24)12-16/h2-9,12-13,15,26H,10-11,14H2,1H3,(H,27,30). The van der Waals surface area contributed by atoms with Gasteiger partial charge in [0.05, 0.1) is 24.2 Å². The molecule has 158 valence electrons. The molecule has 0 unspecified atom stereocenters. The average Bonchev–Trinajstić information content (AvgIpc) is 3.18. The van der Waals surface area contributed by atoms with Crippen LogP contribution in [0.1, 0.15) is 15.9 Å². The lowest BCUT2D eigenvalue weighted by atomic mass is 10.1. The van der Waals surface area contributed by atoms with Gasteiger partial charge in [0.15, 0.2) is 0 Å². The quantitative estimate of drug-likeness (QED) is 0.357. The minimum absolute atomic E-state index is 0.176. The molecule has 4 aromatic rings. The van der Waals surface area contributed by atoms with E-state index < -0.39 is 0 Å². The molecule has 0 atom stereocenters. The number of pyridine rings is 1. The van der Waals surface area contributed by atoms with Crippen molar-refractivity contribution >= 4 is 44.1 Å². The summed E-state index contributed by atoms with van der Waals surface area (Å²) in [5.74, 6) is -0.176. The molecule has 31 heavy (non-hydrogen) atoms. The van der Waals surface area contributed by atoms with Crippen LogP contribution in [0.25, 0.3) is 10.9 Å². The molecule has 2 heterocycles. The summed E-state index contributed by atoms with van der Waals surface area (Å²) < 4.78 is 7.72. The van der Waals surface area contributed by atoms with E-state index in [0.717, 1.165) is 32.4 Å². The largest absolute Gasteiger partial charge is 0.383 e. The van der Waals surface area contributed by atoms with Crippen molar-refractivity contribution in [3.05, 3.63) is 82.7 Å². The Labute approximate surface area is 188 Å². The van der Waals surface area contributed by atoms with Crippen LogP contribution in [0.3, 0.4) is 0 Å². The number of halogens is 1. The Morgan fingerprint density at radius 2 is 2.03 bits per heavy atom. The van der Waals surface area contributed by atoms with Crippen molar-refractivity contribution in [2.75, 3.05) is 24.4 Å². The Morgan fingerprint density at radius 1 is 1.16 bits per heavy atom. The van der Waals surface area contributed by atoms with Gasteiger partial charge in [-0.15, -0.1) is 0 Å². The summed E-state index contributed by atoms with van der Waals surface area (Å²) in [6, 6.07) is 17.0. The van der Waals surface area contributed by atoms with Gasteiger partial charge in [-0.3, -0.25) is 9.48 Å². The van der Waals surface area contributed by atoms with Gasteiger partial charge < -0.3 is 15.4 Å². The summed E-state index contributed by atoms with van der Waals surface area (Å²) in [6.45, 7) is 1.86. The van der Waals surface area contributed by atoms with E-state index in [-0.39, 0.29) is 5.91 Å². The number of nitrogens with one attached hydrogen (secondary N) is 2. The first-order chi connectivity index (χ1) is 15.1. The molecule has 0 spiro atoms. The van der Waals surface area contributed by atoms with Gasteiger partial charge in [-0.2, -0.15) is 5.10 Å². The van der Waals surface area contributed by atoms with Crippen LogP contribution in [-0.4, -0.2) is 34.4 Å². The van der Waals surface area contributed by atoms with E-state index in [4.69, 9.17) is 4.74 Å². The summed E-state index contributed by atoms with van der Waals surface area (Å²) >= 11 is 3.38. The molecular formula is C23H22BrN5O2. The number of rotatable bonds is 8. The SMILES string of the molecule is COCCn1cc2cc(NC(=O)c3ccccc3NCc3ccnc(Br)c3)ccc2n1. The summed E-state index contributed by atoms with van der Waals surface area (Å²) in [5, 5.41) is 11.8. The first-order valence-corrected chi connectivity index (χ1v) is 10.6. The van der Waals surface area contributed by atoms with E-state index >= 15 is 0 Å². The number of benzene rings is 2. The minimum atomic E-state index is -0.176. The molecule has 0 fully saturated rings. The molecule has 0 saturated heterocycles. The number of aromatic nitrogens is 3. The zero-order valence-corrected chi connectivity index (χ0v) is 18.6. The van der Waals surface area contributed by atoms with Crippen molar-refractivity contribution in [2.24, 2.45) is 0 Å². The van der Waals surface area contributed by atoms with Crippen LogP contribution in [0.4, 0.5) is 11.4 Å². The second-order valence-corrected chi connectivity index (χ2v) is 7.81. The number of amides is 1. The summed E-state index contributed by atoms with van der Waals surface area (Å²) in [5.41, 5.74) is 4.00. The fourth-order valence-electron chi connectivity index (χ4n) is 3.24. The zero-order chi connectivity index (χ0) is 21.6. The van der Waals surface area contributed by atoms with Crippen molar-refractivity contribution in [3.63, 3.8) is 0 Å². The second-order valence-electron chi connectivity index (χ2n) is 7.00. The van der Waals surface area contributed by atoms with Crippen LogP contribution < -0.4 is 10.6 Å². The maximum absolute atomic E-state index is 13.0. The van der Waals surface area contributed by atoms with E-state index in [2.05, 4.69) is 36.6 Å². The fraction of sp³-hybridized carbons (Fsp3) is 0.174. The molecule has 0 bridgehead atoms. The molecule has 0 aliphatic carbocycles. The molecule has 0 aliphatic rings. The molecular weight excluding hydrogens is 458 g/mol. The predicted octanol–water partition coefficient (Wildman–Crippen LogP) is 4.70. The highest BCUT2D eigenvalue weighted by Crippen LogP contribution is 2.22. The first kappa shape index (κ1) is 21.0. The van der Waals surface area contributed by atoms with Crippen LogP contribution in [0, 0.1) is 0 Å². The minimum Gasteiger partial charge on any atom is -0.383 e. The molecule has 0 aliphatic heterocycles. The molecule has 2 aromatic heterocycles. The van der Waals surface area contributed by atoms with Crippen LogP contribution in [0.5, 0.6) is 0 Å².